The Bertz CT molecular complexity index is 1570. The van der Waals surface area contributed by atoms with Gasteiger partial charge in [0.15, 0.2) is 0 Å². The number of esters is 1. The van der Waals surface area contributed by atoms with Crippen molar-refractivity contribution in [2.45, 2.75) is 12.5 Å². The van der Waals surface area contributed by atoms with E-state index in [-0.39, 0.29) is 40.0 Å². The SMILES string of the molecule is COC(=O)[C@H](Cc1ccc(O)cc1)NC(=O)c1cc(C(=O)O)c2cc(-c3cccc([N+](=O)[O-])c3)ccc2n1. The van der Waals surface area contributed by atoms with Gasteiger partial charge in [0.2, 0.25) is 0 Å². The lowest BCUT2D eigenvalue weighted by atomic mass is 9.99. The van der Waals surface area contributed by atoms with Gasteiger partial charge in [-0.05, 0) is 47.0 Å². The number of phenols is 1. The maximum absolute atomic E-state index is 13.0. The van der Waals surface area contributed by atoms with Crippen molar-refractivity contribution in [3.63, 3.8) is 0 Å². The number of methoxy groups -OCH3 is 1. The maximum Gasteiger partial charge on any atom is 0.336 e. The number of carboxylic acid groups (broad SMARTS) is 1. The number of hydrogen-bond acceptors (Lipinski definition) is 8. The number of pyridine rings is 1. The number of ether oxygens (including phenoxy) is 1. The number of amides is 1. The zero-order valence-electron chi connectivity index (χ0n) is 20.0. The minimum absolute atomic E-state index is 0.0441. The molecular formula is C27H21N3O8. The minimum Gasteiger partial charge on any atom is -0.508 e. The van der Waals surface area contributed by atoms with Crippen LogP contribution < -0.4 is 5.32 Å². The molecule has 0 bridgehead atoms. The van der Waals surface area contributed by atoms with Gasteiger partial charge in [-0.15, -0.1) is 0 Å². The Morgan fingerprint density at radius 3 is 2.39 bits per heavy atom. The molecule has 0 fully saturated rings. The van der Waals surface area contributed by atoms with E-state index in [4.69, 9.17) is 4.74 Å². The molecule has 4 aromatic rings. The van der Waals surface area contributed by atoms with E-state index in [0.29, 0.717) is 16.7 Å². The Hall–Kier alpha value is -5.32. The third-order valence-corrected chi connectivity index (χ3v) is 5.83. The molecule has 0 aliphatic rings. The van der Waals surface area contributed by atoms with Crippen molar-refractivity contribution in [3.05, 3.63) is 99.7 Å². The molecule has 3 aromatic carbocycles. The molecule has 0 spiro atoms. The summed E-state index contributed by atoms with van der Waals surface area (Å²) in [6.07, 6.45) is 0.0602. The van der Waals surface area contributed by atoms with Crippen LogP contribution in [0.5, 0.6) is 5.75 Å². The summed E-state index contributed by atoms with van der Waals surface area (Å²) in [5.41, 5.74) is 1.34. The molecule has 0 unspecified atom stereocenters. The van der Waals surface area contributed by atoms with Crippen LogP contribution in [0.4, 0.5) is 5.69 Å². The Labute approximate surface area is 215 Å². The third-order valence-electron chi connectivity index (χ3n) is 5.83. The number of nitrogens with one attached hydrogen (secondary N) is 1. The lowest BCUT2D eigenvalue weighted by Gasteiger charge is -2.17. The standard InChI is InChI=1S/C27H21N3O8/c1-38-27(35)24(11-15-5-8-19(31)9-6-15)29-25(32)23-14-21(26(33)34)20-13-17(7-10-22(20)28-23)16-3-2-4-18(12-16)30(36)37/h2-10,12-14,24,31H,11H2,1H3,(H,29,32)(H,33,34)/t24-/m0/s1. The van der Waals surface area contributed by atoms with Gasteiger partial charge in [0, 0.05) is 23.9 Å². The second-order valence-corrected chi connectivity index (χ2v) is 8.32. The molecule has 1 aromatic heterocycles. The first-order chi connectivity index (χ1) is 18.2. The zero-order valence-corrected chi connectivity index (χ0v) is 20.0. The van der Waals surface area contributed by atoms with Crippen LogP contribution in [0.15, 0.2) is 72.8 Å². The number of fused-ring (bicyclic) bond motifs is 1. The van der Waals surface area contributed by atoms with Crippen LogP contribution in [-0.2, 0) is 16.0 Å². The van der Waals surface area contributed by atoms with Crippen LogP contribution in [0.2, 0.25) is 0 Å². The Morgan fingerprint density at radius 1 is 1.03 bits per heavy atom. The van der Waals surface area contributed by atoms with Gasteiger partial charge in [-0.25, -0.2) is 14.6 Å². The Kier molecular flexibility index (Phi) is 7.28. The number of carboxylic acids is 1. The van der Waals surface area contributed by atoms with E-state index >= 15 is 0 Å². The topological polar surface area (TPSA) is 169 Å². The van der Waals surface area contributed by atoms with Crippen molar-refractivity contribution in [2.24, 2.45) is 0 Å². The second kappa shape index (κ2) is 10.7. The summed E-state index contributed by atoms with van der Waals surface area (Å²) in [5, 5.41) is 33.2. The summed E-state index contributed by atoms with van der Waals surface area (Å²) in [6, 6.07) is 16.6. The molecule has 0 radical (unpaired) electrons. The van der Waals surface area contributed by atoms with Crippen molar-refractivity contribution in [3.8, 4) is 16.9 Å². The number of aromatic nitrogens is 1. The minimum atomic E-state index is -1.31. The lowest BCUT2D eigenvalue weighted by molar-refractivity contribution is -0.384. The number of benzene rings is 3. The Balaban J connectivity index is 1.68. The van der Waals surface area contributed by atoms with Crippen molar-refractivity contribution in [1.82, 2.24) is 10.3 Å². The quantitative estimate of drug-likeness (QED) is 0.180. The molecule has 0 saturated heterocycles. The molecular weight excluding hydrogens is 494 g/mol. The number of aromatic hydroxyl groups is 1. The van der Waals surface area contributed by atoms with Crippen molar-refractivity contribution < 1.29 is 34.3 Å². The number of nitro groups is 1. The van der Waals surface area contributed by atoms with Gasteiger partial charge in [0.05, 0.1) is 23.1 Å². The molecule has 1 atom stereocenters. The van der Waals surface area contributed by atoms with E-state index < -0.39 is 28.8 Å². The van der Waals surface area contributed by atoms with Gasteiger partial charge in [0.25, 0.3) is 11.6 Å². The summed E-state index contributed by atoms with van der Waals surface area (Å²) in [4.78, 5) is 52.4. The summed E-state index contributed by atoms with van der Waals surface area (Å²) in [7, 11) is 1.17. The van der Waals surface area contributed by atoms with E-state index in [1.54, 1.807) is 24.3 Å². The highest BCUT2D eigenvalue weighted by Gasteiger charge is 2.25. The molecule has 0 aliphatic carbocycles. The molecule has 1 amide bonds. The smallest absolute Gasteiger partial charge is 0.336 e. The number of carbonyl (C=O) groups excluding carboxylic acids is 2. The summed E-state index contributed by atoms with van der Waals surface area (Å²) in [5.74, 6) is -2.77. The van der Waals surface area contributed by atoms with Gasteiger partial charge >= 0.3 is 11.9 Å². The molecule has 3 N–H and O–H groups in total. The third kappa shape index (κ3) is 5.57. The lowest BCUT2D eigenvalue weighted by Crippen LogP contribution is -2.43. The van der Waals surface area contributed by atoms with E-state index in [0.717, 1.165) is 6.07 Å². The first-order valence-electron chi connectivity index (χ1n) is 11.3. The van der Waals surface area contributed by atoms with Crippen molar-refractivity contribution >= 4 is 34.4 Å². The fourth-order valence-corrected chi connectivity index (χ4v) is 3.93. The average molecular weight is 515 g/mol. The highest BCUT2D eigenvalue weighted by molar-refractivity contribution is 6.07. The van der Waals surface area contributed by atoms with Gasteiger partial charge in [-0.1, -0.05) is 30.3 Å². The number of aromatic carboxylic acids is 1. The zero-order chi connectivity index (χ0) is 27.4. The Morgan fingerprint density at radius 2 is 1.74 bits per heavy atom. The van der Waals surface area contributed by atoms with Crippen LogP contribution in [0.1, 0.15) is 26.4 Å². The molecule has 11 nitrogen and oxygen atoms in total. The summed E-state index contributed by atoms with van der Waals surface area (Å²) in [6.45, 7) is 0. The van der Waals surface area contributed by atoms with Crippen LogP contribution in [-0.4, -0.2) is 51.1 Å². The fraction of sp³-hybridized carbons (Fsp3) is 0.111. The number of nitrogens with zero attached hydrogens (tertiary/aromatic N) is 2. The highest BCUT2D eigenvalue weighted by Crippen LogP contribution is 2.29. The second-order valence-electron chi connectivity index (χ2n) is 8.32. The molecule has 11 heteroatoms. The molecule has 0 aliphatic heterocycles. The number of rotatable bonds is 8. The van der Waals surface area contributed by atoms with Crippen LogP contribution in [0, 0.1) is 10.1 Å². The van der Waals surface area contributed by atoms with E-state index in [9.17, 15) is 34.7 Å². The fourth-order valence-electron chi connectivity index (χ4n) is 3.93. The van der Waals surface area contributed by atoms with Crippen LogP contribution in [0.25, 0.3) is 22.0 Å². The average Bonchev–Trinajstić information content (AvgIpc) is 2.92. The number of hydrogen-bond donors (Lipinski definition) is 3. The first-order valence-corrected chi connectivity index (χ1v) is 11.3. The molecule has 192 valence electrons. The number of phenolic OH excluding ortho intramolecular Hbond substituents is 1. The molecule has 4 rings (SSSR count). The van der Waals surface area contributed by atoms with Gasteiger partial charge in [-0.3, -0.25) is 14.9 Å². The van der Waals surface area contributed by atoms with E-state index in [2.05, 4.69) is 10.3 Å². The maximum atomic E-state index is 13.0. The predicted molar refractivity (Wildman–Crippen MR) is 136 cm³/mol. The normalized spacial score (nSPS) is 11.5. The van der Waals surface area contributed by atoms with Crippen molar-refractivity contribution in [1.29, 1.82) is 0 Å². The summed E-state index contributed by atoms with van der Waals surface area (Å²) >= 11 is 0. The monoisotopic (exact) mass is 515 g/mol. The molecule has 0 saturated carbocycles. The van der Waals surface area contributed by atoms with Gasteiger partial charge in [-0.2, -0.15) is 0 Å². The summed E-state index contributed by atoms with van der Waals surface area (Å²) < 4.78 is 4.80. The largest absolute Gasteiger partial charge is 0.508 e. The van der Waals surface area contributed by atoms with Gasteiger partial charge in [0.1, 0.15) is 17.5 Å². The highest BCUT2D eigenvalue weighted by atomic mass is 16.6. The first kappa shape index (κ1) is 25.8. The number of non-ortho nitro benzene ring substituents is 1. The molecule has 1 heterocycles. The van der Waals surface area contributed by atoms with Crippen LogP contribution in [0.3, 0.4) is 0 Å². The number of carbonyl (C=O) groups is 3. The molecule has 38 heavy (non-hydrogen) atoms. The van der Waals surface area contributed by atoms with Crippen LogP contribution >= 0.6 is 0 Å². The van der Waals surface area contributed by atoms with E-state index in [1.807, 2.05) is 0 Å². The van der Waals surface area contributed by atoms with Crippen molar-refractivity contribution in [2.75, 3.05) is 7.11 Å². The number of nitro benzene ring substituents is 1. The van der Waals surface area contributed by atoms with Gasteiger partial charge < -0.3 is 20.3 Å². The van der Waals surface area contributed by atoms with E-state index in [1.165, 1.54) is 49.6 Å². The predicted octanol–water partition coefficient (Wildman–Crippen LogP) is 3.73.